The standard InChI is InChI=1S/C12H14ClN5S/c1-3-8-9(4-2)16-17-12(10(8)11(14)19)18-6-7(13)5-15-18/h5-6H,3-4H2,1-2H3,(H2,14,19). The largest absolute Gasteiger partial charge is 0.389 e. The monoisotopic (exact) mass is 295 g/mol. The number of hydrogen-bond donors (Lipinski definition) is 1. The summed E-state index contributed by atoms with van der Waals surface area (Å²) in [6.45, 7) is 4.06. The molecule has 0 aliphatic rings. The van der Waals surface area contributed by atoms with Crippen molar-refractivity contribution in [3.63, 3.8) is 0 Å². The molecule has 0 aliphatic carbocycles. The van der Waals surface area contributed by atoms with Gasteiger partial charge >= 0.3 is 0 Å². The van der Waals surface area contributed by atoms with Gasteiger partial charge in [-0.05, 0) is 18.4 Å². The molecule has 5 nitrogen and oxygen atoms in total. The molecular formula is C12H14ClN5S. The molecule has 0 atom stereocenters. The molecule has 0 saturated heterocycles. The van der Waals surface area contributed by atoms with Crippen LogP contribution in [0, 0.1) is 0 Å². The van der Waals surface area contributed by atoms with Crippen molar-refractivity contribution >= 4 is 28.8 Å². The predicted octanol–water partition coefficient (Wildman–Crippen LogP) is 2.07. The van der Waals surface area contributed by atoms with Crippen molar-refractivity contribution in [1.29, 1.82) is 0 Å². The molecule has 100 valence electrons. The van der Waals surface area contributed by atoms with E-state index in [9.17, 15) is 0 Å². The summed E-state index contributed by atoms with van der Waals surface area (Å²) in [5, 5.41) is 13.1. The van der Waals surface area contributed by atoms with Gasteiger partial charge in [-0.1, -0.05) is 37.7 Å². The van der Waals surface area contributed by atoms with E-state index in [1.54, 1.807) is 10.9 Å². The van der Waals surface area contributed by atoms with Crippen molar-refractivity contribution in [2.75, 3.05) is 0 Å². The Morgan fingerprint density at radius 1 is 1.37 bits per heavy atom. The third-order valence-electron chi connectivity index (χ3n) is 2.84. The molecule has 2 N–H and O–H groups in total. The van der Waals surface area contributed by atoms with Gasteiger partial charge in [-0.25, -0.2) is 4.68 Å². The Bertz CT molecular complexity index is 623. The molecule has 2 heterocycles. The number of halogens is 1. The van der Waals surface area contributed by atoms with Crippen molar-refractivity contribution in [2.45, 2.75) is 26.7 Å². The highest BCUT2D eigenvalue weighted by atomic mass is 35.5. The van der Waals surface area contributed by atoms with E-state index >= 15 is 0 Å². The zero-order valence-electron chi connectivity index (χ0n) is 10.7. The summed E-state index contributed by atoms with van der Waals surface area (Å²) in [5.41, 5.74) is 8.50. The molecule has 0 unspecified atom stereocenters. The van der Waals surface area contributed by atoms with E-state index in [4.69, 9.17) is 29.6 Å². The lowest BCUT2D eigenvalue weighted by molar-refractivity contribution is 0.780. The van der Waals surface area contributed by atoms with Crippen LogP contribution in [-0.2, 0) is 12.8 Å². The van der Waals surface area contributed by atoms with Crippen molar-refractivity contribution in [3.05, 3.63) is 34.2 Å². The Kier molecular flexibility index (Phi) is 4.11. The SMILES string of the molecule is CCc1nnc(-n2cc(Cl)cn2)c(C(N)=S)c1CC. The third kappa shape index (κ3) is 2.59. The second kappa shape index (κ2) is 5.63. The Balaban J connectivity index is 2.71. The minimum Gasteiger partial charge on any atom is -0.389 e. The highest BCUT2D eigenvalue weighted by Crippen LogP contribution is 2.20. The topological polar surface area (TPSA) is 69.6 Å². The molecule has 2 rings (SSSR count). The minimum absolute atomic E-state index is 0.295. The predicted molar refractivity (Wildman–Crippen MR) is 78.8 cm³/mol. The molecule has 0 fully saturated rings. The van der Waals surface area contributed by atoms with E-state index in [0.29, 0.717) is 15.8 Å². The summed E-state index contributed by atoms with van der Waals surface area (Å²) in [4.78, 5) is 0.295. The van der Waals surface area contributed by atoms with E-state index in [1.807, 2.05) is 13.8 Å². The van der Waals surface area contributed by atoms with Gasteiger partial charge in [-0.15, -0.1) is 5.10 Å². The molecule has 0 radical (unpaired) electrons. The molecule has 0 aliphatic heterocycles. The molecule has 0 spiro atoms. The fourth-order valence-corrected chi connectivity index (χ4v) is 2.35. The summed E-state index contributed by atoms with van der Waals surface area (Å²) >= 11 is 11.0. The molecule has 2 aromatic heterocycles. The number of hydrogen-bond acceptors (Lipinski definition) is 4. The van der Waals surface area contributed by atoms with Crippen molar-refractivity contribution in [1.82, 2.24) is 20.0 Å². The lowest BCUT2D eigenvalue weighted by atomic mass is 10.0. The van der Waals surface area contributed by atoms with Crippen molar-refractivity contribution in [2.24, 2.45) is 5.73 Å². The highest BCUT2D eigenvalue weighted by molar-refractivity contribution is 7.80. The summed E-state index contributed by atoms with van der Waals surface area (Å²) in [6, 6.07) is 0. The molecule has 2 aromatic rings. The number of nitrogens with zero attached hydrogens (tertiary/aromatic N) is 4. The van der Waals surface area contributed by atoms with Gasteiger partial charge < -0.3 is 5.73 Å². The minimum atomic E-state index is 0.295. The fraction of sp³-hybridized carbons (Fsp3) is 0.333. The fourth-order valence-electron chi connectivity index (χ4n) is 2.00. The Labute approximate surface area is 121 Å². The Hall–Kier alpha value is -1.53. The van der Waals surface area contributed by atoms with Crippen LogP contribution in [0.5, 0.6) is 0 Å². The van der Waals surface area contributed by atoms with E-state index < -0.39 is 0 Å². The first kappa shape index (κ1) is 13.9. The molecule has 0 bridgehead atoms. The van der Waals surface area contributed by atoms with Gasteiger partial charge in [0, 0.05) is 0 Å². The van der Waals surface area contributed by atoms with Crippen LogP contribution in [-0.4, -0.2) is 25.0 Å². The first-order valence-electron chi connectivity index (χ1n) is 5.97. The number of thiocarbonyl (C=S) groups is 1. The van der Waals surface area contributed by atoms with Gasteiger partial charge in [-0.3, -0.25) is 0 Å². The van der Waals surface area contributed by atoms with Crippen molar-refractivity contribution in [3.8, 4) is 5.82 Å². The summed E-state index contributed by atoms with van der Waals surface area (Å²) in [7, 11) is 0. The summed E-state index contributed by atoms with van der Waals surface area (Å²) in [6.07, 6.45) is 4.75. The van der Waals surface area contributed by atoms with Gasteiger partial charge in [0.1, 0.15) is 4.99 Å². The van der Waals surface area contributed by atoms with E-state index in [0.717, 1.165) is 29.7 Å². The van der Waals surface area contributed by atoms with Gasteiger partial charge in [-0.2, -0.15) is 10.2 Å². The van der Waals surface area contributed by atoms with Crippen LogP contribution in [0.15, 0.2) is 12.4 Å². The lowest BCUT2D eigenvalue weighted by Crippen LogP contribution is -2.20. The van der Waals surface area contributed by atoms with E-state index in [2.05, 4.69) is 15.3 Å². The zero-order valence-corrected chi connectivity index (χ0v) is 12.3. The van der Waals surface area contributed by atoms with Crippen LogP contribution in [0.2, 0.25) is 5.02 Å². The quantitative estimate of drug-likeness (QED) is 0.875. The van der Waals surface area contributed by atoms with Gasteiger partial charge in [0.25, 0.3) is 0 Å². The molecule has 7 heteroatoms. The van der Waals surface area contributed by atoms with Crippen molar-refractivity contribution < 1.29 is 0 Å². The number of rotatable bonds is 4. The molecule has 19 heavy (non-hydrogen) atoms. The molecule has 0 amide bonds. The highest BCUT2D eigenvalue weighted by Gasteiger charge is 2.18. The Morgan fingerprint density at radius 3 is 2.58 bits per heavy atom. The normalized spacial score (nSPS) is 10.7. The number of nitrogens with two attached hydrogens (primary N) is 1. The average molecular weight is 296 g/mol. The van der Waals surface area contributed by atoms with Crippen LogP contribution in [0.4, 0.5) is 0 Å². The van der Waals surface area contributed by atoms with Crippen LogP contribution < -0.4 is 5.73 Å². The summed E-state index contributed by atoms with van der Waals surface area (Å²) < 4.78 is 1.54. The number of aromatic nitrogens is 4. The van der Waals surface area contributed by atoms with Crippen LogP contribution >= 0.6 is 23.8 Å². The smallest absolute Gasteiger partial charge is 0.186 e. The average Bonchev–Trinajstić information content (AvgIpc) is 2.83. The van der Waals surface area contributed by atoms with E-state index in [-0.39, 0.29) is 0 Å². The molecule has 0 aromatic carbocycles. The first-order chi connectivity index (χ1) is 9.08. The third-order valence-corrected chi connectivity index (χ3v) is 3.24. The number of aryl methyl sites for hydroxylation is 1. The second-order valence-electron chi connectivity index (χ2n) is 4.00. The lowest BCUT2D eigenvalue weighted by Gasteiger charge is -2.14. The zero-order chi connectivity index (χ0) is 14.0. The van der Waals surface area contributed by atoms with Crippen LogP contribution in [0.25, 0.3) is 5.82 Å². The van der Waals surface area contributed by atoms with Gasteiger partial charge in [0.15, 0.2) is 5.82 Å². The Morgan fingerprint density at radius 2 is 2.11 bits per heavy atom. The second-order valence-corrected chi connectivity index (χ2v) is 4.87. The van der Waals surface area contributed by atoms with Crippen LogP contribution in [0.3, 0.4) is 0 Å². The first-order valence-corrected chi connectivity index (χ1v) is 6.75. The molecule has 0 saturated carbocycles. The maximum atomic E-state index is 5.88. The summed E-state index contributed by atoms with van der Waals surface area (Å²) in [5.74, 6) is 0.522. The van der Waals surface area contributed by atoms with Gasteiger partial charge in [0.2, 0.25) is 0 Å². The van der Waals surface area contributed by atoms with Crippen LogP contribution in [0.1, 0.15) is 30.7 Å². The van der Waals surface area contributed by atoms with E-state index in [1.165, 1.54) is 6.20 Å². The maximum absolute atomic E-state index is 5.88. The van der Waals surface area contributed by atoms with Gasteiger partial charge in [0.05, 0.1) is 28.7 Å². The maximum Gasteiger partial charge on any atom is 0.186 e. The molecular weight excluding hydrogens is 282 g/mol.